The van der Waals surface area contributed by atoms with Gasteiger partial charge in [-0.2, -0.15) is 0 Å². The number of benzene rings is 1. The van der Waals surface area contributed by atoms with E-state index in [-0.39, 0.29) is 11.6 Å². The smallest absolute Gasteiger partial charge is 0.356 e. The largest absolute Gasteiger partial charge is 0.464 e. The van der Waals surface area contributed by atoms with Crippen LogP contribution in [0.5, 0.6) is 0 Å². The average molecular weight is 409 g/mol. The maximum atomic E-state index is 12.7. The Bertz CT molecular complexity index is 1040. The van der Waals surface area contributed by atoms with Crippen molar-refractivity contribution in [3.8, 4) is 0 Å². The number of methoxy groups -OCH3 is 1. The third kappa shape index (κ3) is 4.79. The Morgan fingerprint density at radius 1 is 1.20 bits per heavy atom. The molecule has 2 N–H and O–H groups in total. The van der Waals surface area contributed by atoms with Gasteiger partial charge in [-0.3, -0.25) is 4.79 Å². The van der Waals surface area contributed by atoms with Gasteiger partial charge in [-0.1, -0.05) is 44.2 Å². The molecule has 2 heterocycles. The highest BCUT2D eigenvalue weighted by Crippen LogP contribution is 2.32. The second-order valence-electron chi connectivity index (χ2n) is 7.68. The zero-order valence-corrected chi connectivity index (χ0v) is 17.9. The highest BCUT2D eigenvalue weighted by Gasteiger charge is 2.24. The third-order valence-electron chi connectivity index (χ3n) is 4.87. The predicted molar refractivity (Wildman–Crippen MR) is 119 cm³/mol. The van der Waals surface area contributed by atoms with E-state index in [1.54, 1.807) is 17.8 Å². The zero-order chi connectivity index (χ0) is 21.7. The molecule has 0 aliphatic rings. The Hall–Kier alpha value is -3.35. The number of nitrogens with zero attached hydrogens (tertiary/aromatic N) is 2. The van der Waals surface area contributed by atoms with Crippen LogP contribution in [0.25, 0.3) is 11.0 Å². The minimum atomic E-state index is -0.523. The maximum Gasteiger partial charge on any atom is 0.356 e. The standard InChI is InChI=1S/C23H28N4O3/c1-15(2)13-24-17-12-18-20(21(23(29)30-4)27(3)22(18)25-14-17)26-19(28)11-10-16-8-6-5-7-9-16/h5-9,12,14-15,24H,10-11,13H2,1-4H3,(H,26,28). The van der Waals surface area contributed by atoms with Crippen LogP contribution in [0, 0.1) is 5.92 Å². The number of anilines is 2. The SMILES string of the molecule is COC(=O)c1c(NC(=O)CCc2ccccc2)c2cc(NCC(C)C)cnc2n1C. The van der Waals surface area contributed by atoms with E-state index in [0.717, 1.165) is 17.8 Å². The van der Waals surface area contributed by atoms with E-state index in [4.69, 9.17) is 4.74 Å². The molecule has 7 nitrogen and oxygen atoms in total. The maximum absolute atomic E-state index is 12.7. The van der Waals surface area contributed by atoms with Crippen molar-refractivity contribution in [3.05, 3.63) is 53.9 Å². The summed E-state index contributed by atoms with van der Waals surface area (Å²) in [5, 5.41) is 6.95. The molecule has 30 heavy (non-hydrogen) atoms. The number of esters is 1. The molecule has 0 saturated carbocycles. The van der Waals surface area contributed by atoms with E-state index < -0.39 is 5.97 Å². The minimum absolute atomic E-state index is 0.169. The first-order valence-corrected chi connectivity index (χ1v) is 10.0. The zero-order valence-electron chi connectivity index (χ0n) is 17.9. The number of ether oxygens (including phenoxy) is 1. The van der Waals surface area contributed by atoms with Crippen molar-refractivity contribution >= 4 is 34.3 Å². The van der Waals surface area contributed by atoms with Gasteiger partial charge in [0.25, 0.3) is 0 Å². The first kappa shape index (κ1) is 21.4. The molecule has 0 fully saturated rings. The molecule has 0 aliphatic carbocycles. The molecule has 0 radical (unpaired) electrons. The van der Waals surface area contributed by atoms with Crippen molar-refractivity contribution in [3.63, 3.8) is 0 Å². The second-order valence-corrected chi connectivity index (χ2v) is 7.68. The summed E-state index contributed by atoms with van der Waals surface area (Å²) in [4.78, 5) is 29.6. The summed E-state index contributed by atoms with van der Waals surface area (Å²) in [6.07, 6.45) is 2.65. The number of nitrogens with one attached hydrogen (secondary N) is 2. The highest BCUT2D eigenvalue weighted by atomic mass is 16.5. The fraction of sp³-hybridized carbons (Fsp3) is 0.348. The van der Waals surface area contributed by atoms with Crippen LogP contribution in [-0.4, -0.2) is 35.1 Å². The number of carbonyl (C=O) groups is 2. The monoisotopic (exact) mass is 408 g/mol. The van der Waals surface area contributed by atoms with Crippen molar-refractivity contribution in [1.82, 2.24) is 9.55 Å². The predicted octanol–water partition coefficient (Wildman–Crippen LogP) is 4.00. The topological polar surface area (TPSA) is 85.2 Å². The van der Waals surface area contributed by atoms with Gasteiger partial charge < -0.3 is 19.9 Å². The van der Waals surface area contributed by atoms with Gasteiger partial charge in [-0.05, 0) is 24.0 Å². The Morgan fingerprint density at radius 2 is 1.93 bits per heavy atom. The van der Waals surface area contributed by atoms with Gasteiger partial charge in [-0.25, -0.2) is 9.78 Å². The summed E-state index contributed by atoms with van der Waals surface area (Å²) >= 11 is 0. The van der Waals surface area contributed by atoms with Gasteiger partial charge in [-0.15, -0.1) is 0 Å². The van der Waals surface area contributed by atoms with Gasteiger partial charge in [0, 0.05) is 25.4 Å². The van der Waals surface area contributed by atoms with E-state index in [2.05, 4.69) is 29.5 Å². The lowest BCUT2D eigenvalue weighted by molar-refractivity contribution is -0.116. The Labute approximate surface area is 176 Å². The quantitative estimate of drug-likeness (QED) is 0.550. The number of carbonyl (C=O) groups excluding carboxylic acids is 2. The van der Waals surface area contributed by atoms with Crippen LogP contribution < -0.4 is 10.6 Å². The number of aromatic nitrogens is 2. The van der Waals surface area contributed by atoms with E-state index in [1.807, 2.05) is 36.4 Å². The molecule has 3 aromatic rings. The molecule has 1 aromatic carbocycles. The highest BCUT2D eigenvalue weighted by molar-refractivity contribution is 6.11. The molecule has 0 spiro atoms. The molecule has 0 unspecified atom stereocenters. The summed E-state index contributed by atoms with van der Waals surface area (Å²) in [5.74, 6) is -0.221. The summed E-state index contributed by atoms with van der Waals surface area (Å²) in [6, 6.07) is 11.7. The van der Waals surface area contributed by atoms with E-state index >= 15 is 0 Å². The summed E-state index contributed by atoms with van der Waals surface area (Å²) in [7, 11) is 3.06. The number of pyridine rings is 1. The van der Waals surface area contributed by atoms with E-state index in [0.29, 0.717) is 35.5 Å². The van der Waals surface area contributed by atoms with Crippen LogP contribution in [0.4, 0.5) is 11.4 Å². The van der Waals surface area contributed by atoms with E-state index in [9.17, 15) is 9.59 Å². The summed E-state index contributed by atoms with van der Waals surface area (Å²) in [6.45, 7) is 5.03. The molecule has 0 atom stereocenters. The summed E-state index contributed by atoms with van der Waals surface area (Å²) < 4.78 is 6.61. The normalized spacial score (nSPS) is 11.0. The molecule has 1 amide bonds. The van der Waals surface area contributed by atoms with Crippen molar-refractivity contribution in [2.45, 2.75) is 26.7 Å². The van der Waals surface area contributed by atoms with Crippen molar-refractivity contribution in [1.29, 1.82) is 0 Å². The third-order valence-corrected chi connectivity index (χ3v) is 4.87. The Balaban J connectivity index is 1.91. The lowest BCUT2D eigenvalue weighted by atomic mass is 10.1. The molecule has 0 bridgehead atoms. The fourth-order valence-corrected chi connectivity index (χ4v) is 3.30. The molecule has 7 heteroatoms. The van der Waals surface area contributed by atoms with Crippen LogP contribution in [0.3, 0.4) is 0 Å². The second kappa shape index (κ2) is 9.43. The average Bonchev–Trinajstić information content (AvgIpc) is 3.02. The number of fused-ring (bicyclic) bond motifs is 1. The van der Waals surface area contributed by atoms with Gasteiger partial charge in [0.15, 0.2) is 5.69 Å². The van der Waals surface area contributed by atoms with Crippen LogP contribution >= 0.6 is 0 Å². The van der Waals surface area contributed by atoms with Crippen molar-refractivity contribution < 1.29 is 14.3 Å². The van der Waals surface area contributed by atoms with Gasteiger partial charge in [0.2, 0.25) is 5.91 Å². The number of hydrogen-bond acceptors (Lipinski definition) is 5. The molecular weight excluding hydrogens is 380 g/mol. The molecule has 0 saturated heterocycles. The lowest BCUT2D eigenvalue weighted by Gasteiger charge is -2.09. The number of amides is 1. The molecule has 0 aliphatic heterocycles. The van der Waals surface area contributed by atoms with Crippen LogP contribution in [0.2, 0.25) is 0 Å². The first-order chi connectivity index (χ1) is 14.4. The number of rotatable bonds is 8. The molecule has 2 aromatic heterocycles. The van der Waals surface area contributed by atoms with Gasteiger partial charge in [0.05, 0.1) is 24.7 Å². The Morgan fingerprint density at radius 3 is 2.60 bits per heavy atom. The van der Waals surface area contributed by atoms with Crippen LogP contribution in [0.15, 0.2) is 42.6 Å². The van der Waals surface area contributed by atoms with Crippen molar-refractivity contribution in [2.24, 2.45) is 13.0 Å². The Kier molecular flexibility index (Phi) is 6.72. The van der Waals surface area contributed by atoms with Crippen LogP contribution in [-0.2, 0) is 23.0 Å². The van der Waals surface area contributed by atoms with Gasteiger partial charge >= 0.3 is 5.97 Å². The number of aryl methyl sites for hydroxylation is 2. The summed E-state index contributed by atoms with van der Waals surface area (Å²) in [5.41, 5.74) is 3.22. The van der Waals surface area contributed by atoms with Crippen LogP contribution in [0.1, 0.15) is 36.3 Å². The number of hydrogen-bond donors (Lipinski definition) is 2. The van der Waals surface area contributed by atoms with E-state index in [1.165, 1.54) is 7.11 Å². The first-order valence-electron chi connectivity index (χ1n) is 10.0. The molecule has 158 valence electrons. The molecule has 3 rings (SSSR count). The fourth-order valence-electron chi connectivity index (χ4n) is 3.30. The minimum Gasteiger partial charge on any atom is -0.464 e. The molecular formula is C23H28N4O3. The lowest BCUT2D eigenvalue weighted by Crippen LogP contribution is -2.16. The van der Waals surface area contributed by atoms with Crippen molar-refractivity contribution in [2.75, 3.05) is 24.3 Å². The van der Waals surface area contributed by atoms with Gasteiger partial charge in [0.1, 0.15) is 5.65 Å².